The highest BCUT2D eigenvalue weighted by atomic mass is 16.2. The lowest BCUT2D eigenvalue weighted by molar-refractivity contribution is 0.0939. The second-order valence-electron chi connectivity index (χ2n) is 5.60. The van der Waals surface area contributed by atoms with E-state index in [1.807, 2.05) is 25.1 Å². The van der Waals surface area contributed by atoms with Crippen LogP contribution in [0.25, 0.3) is 11.4 Å². The van der Waals surface area contributed by atoms with Gasteiger partial charge in [-0.3, -0.25) is 14.9 Å². The van der Waals surface area contributed by atoms with E-state index >= 15 is 0 Å². The third-order valence-electron chi connectivity index (χ3n) is 3.98. The first-order valence-corrected chi connectivity index (χ1v) is 7.70. The van der Waals surface area contributed by atoms with Crippen LogP contribution in [0.2, 0.25) is 0 Å². The molecule has 114 valence electrons. The third kappa shape index (κ3) is 3.24. The number of allylic oxidation sites excluding steroid dienone is 1. The molecule has 1 atom stereocenters. The number of amides is 1. The fraction of sp³-hybridized carbons (Fsp3) is 0.353. The van der Waals surface area contributed by atoms with Crippen LogP contribution in [0.4, 0.5) is 0 Å². The van der Waals surface area contributed by atoms with E-state index < -0.39 is 0 Å². The van der Waals surface area contributed by atoms with Crippen molar-refractivity contribution in [1.29, 1.82) is 0 Å². The van der Waals surface area contributed by atoms with Crippen LogP contribution >= 0.6 is 0 Å². The zero-order valence-electron chi connectivity index (χ0n) is 12.7. The van der Waals surface area contributed by atoms with E-state index in [0.29, 0.717) is 11.4 Å². The second kappa shape index (κ2) is 6.56. The van der Waals surface area contributed by atoms with E-state index in [0.717, 1.165) is 18.5 Å². The number of carbonyl (C=O) groups excluding carboxylic acids is 1. The van der Waals surface area contributed by atoms with E-state index in [-0.39, 0.29) is 11.9 Å². The van der Waals surface area contributed by atoms with Gasteiger partial charge in [-0.1, -0.05) is 17.7 Å². The molecule has 0 saturated heterocycles. The third-order valence-corrected chi connectivity index (χ3v) is 3.98. The lowest BCUT2D eigenvalue weighted by Gasteiger charge is -2.20. The van der Waals surface area contributed by atoms with E-state index in [9.17, 15) is 4.79 Å². The Bertz CT molecular complexity index is 675. The van der Waals surface area contributed by atoms with Gasteiger partial charge in [0, 0.05) is 12.2 Å². The molecule has 0 bridgehead atoms. The maximum absolute atomic E-state index is 12.3. The van der Waals surface area contributed by atoms with Crippen molar-refractivity contribution in [2.45, 2.75) is 38.6 Å². The van der Waals surface area contributed by atoms with Gasteiger partial charge in [0.05, 0.1) is 5.69 Å². The minimum absolute atomic E-state index is 0.0643. The molecule has 3 rings (SSSR count). The molecule has 0 saturated carbocycles. The molecule has 2 N–H and O–H groups in total. The normalized spacial score (nSPS) is 16.0. The van der Waals surface area contributed by atoms with Crippen molar-refractivity contribution in [3.63, 3.8) is 0 Å². The molecule has 5 nitrogen and oxygen atoms in total. The number of hydrogen-bond donors (Lipinski definition) is 2. The van der Waals surface area contributed by atoms with Crippen LogP contribution in [0, 0.1) is 0 Å². The molecule has 0 aromatic carbocycles. The first kappa shape index (κ1) is 14.5. The van der Waals surface area contributed by atoms with E-state index in [4.69, 9.17) is 0 Å². The highest BCUT2D eigenvalue weighted by molar-refractivity contribution is 5.93. The summed E-state index contributed by atoms with van der Waals surface area (Å²) >= 11 is 0. The van der Waals surface area contributed by atoms with E-state index in [1.54, 1.807) is 12.3 Å². The molecule has 0 fully saturated rings. The smallest absolute Gasteiger partial charge is 0.269 e. The number of pyridine rings is 1. The summed E-state index contributed by atoms with van der Waals surface area (Å²) in [6.45, 7) is 2.03. The van der Waals surface area contributed by atoms with Crippen LogP contribution in [0.3, 0.4) is 0 Å². The molecule has 1 aliphatic rings. The number of aromatic nitrogens is 3. The molecule has 2 aromatic rings. The van der Waals surface area contributed by atoms with Gasteiger partial charge in [0.1, 0.15) is 11.4 Å². The van der Waals surface area contributed by atoms with Crippen molar-refractivity contribution in [3.8, 4) is 11.4 Å². The average molecular weight is 296 g/mol. The van der Waals surface area contributed by atoms with Gasteiger partial charge in [-0.2, -0.15) is 5.10 Å². The van der Waals surface area contributed by atoms with Gasteiger partial charge in [-0.05, 0) is 50.8 Å². The summed E-state index contributed by atoms with van der Waals surface area (Å²) in [7, 11) is 0. The molecular weight excluding hydrogens is 276 g/mol. The van der Waals surface area contributed by atoms with Crippen molar-refractivity contribution in [3.05, 3.63) is 47.8 Å². The van der Waals surface area contributed by atoms with Gasteiger partial charge < -0.3 is 5.32 Å². The summed E-state index contributed by atoms with van der Waals surface area (Å²) < 4.78 is 0. The van der Waals surface area contributed by atoms with Gasteiger partial charge >= 0.3 is 0 Å². The van der Waals surface area contributed by atoms with Crippen LogP contribution in [0.1, 0.15) is 43.1 Å². The van der Waals surface area contributed by atoms with Crippen molar-refractivity contribution in [2.75, 3.05) is 0 Å². The van der Waals surface area contributed by atoms with Gasteiger partial charge in [0.15, 0.2) is 0 Å². The van der Waals surface area contributed by atoms with Crippen molar-refractivity contribution < 1.29 is 4.79 Å². The number of nitrogens with one attached hydrogen (secondary N) is 2. The number of aromatic amines is 1. The van der Waals surface area contributed by atoms with Gasteiger partial charge in [0.2, 0.25) is 0 Å². The SMILES string of the molecule is CC(NC(=O)c1cc(-c2ccccn2)n[nH]1)C1=CCCCC1. The fourth-order valence-corrected chi connectivity index (χ4v) is 2.71. The standard InChI is InChI=1S/C17H20N4O/c1-12(13-7-3-2-4-8-13)19-17(22)16-11-15(20-21-16)14-9-5-6-10-18-14/h5-7,9-12H,2-4,8H2,1H3,(H,19,22)(H,20,21). The predicted octanol–water partition coefficient (Wildman–Crippen LogP) is 3.09. The van der Waals surface area contributed by atoms with Gasteiger partial charge in [-0.15, -0.1) is 0 Å². The zero-order valence-corrected chi connectivity index (χ0v) is 12.7. The van der Waals surface area contributed by atoms with Crippen molar-refractivity contribution >= 4 is 5.91 Å². The highest BCUT2D eigenvalue weighted by Gasteiger charge is 2.17. The Hall–Kier alpha value is -2.43. The lowest BCUT2D eigenvalue weighted by atomic mass is 9.95. The summed E-state index contributed by atoms with van der Waals surface area (Å²) in [4.78, 5) is 16.5. The number of rotatable bonds is 4. The molecule has 1 amide bonds. The Balaban J connectivity index is 1.68. The van der Waals surface area contributed by atoms with Crippen molar-refractivity contribution in [2.24, 2.45) is 0 Å². The molecule has 0 radical (unpaired) electrons. The van der Waals surface area contributed by atoms with Crippen LogP contribution in [-0.2, 0) is 0 Å². The summed E-state index contributed by atoms with van der Waals surface area (Å²) in [5.41, 5.74) is 3.21. The number of nitrogens with zero attached hydrogens (tertiary/aromatic N) is 2. The van der Waals surface area contributed by atoms with Gasteiger partial charge in [0.25, 0.3) is 5.91 Å². The molecule has 2 aromatic heterocycles. The first-order chi connectivity index (χ1) is 10.7. The maximum Gasteiger partial charge on any atom is 0.269 e. The Morgan fingerprint density at radius 1 is 1.32 bits per heavy atom. The molecule has 0 spiro atoms. The van der Waals surface area contributed by atoms with Gasteiger partial charge in [-0.25, -0.2) is 0 Å². The monoisotopic (exact) mass is 296 g/mol. The number of H-pyrrole nitrogens is 1. The average Bonchev–Trinajstić information content (AvgIpc) is 3.06. The van der Waals surface area contributed by atoms with E-state index in [2.05, 4.69) is 26.6 Å². The molecule has 0 aliphatic heterocycles. The second-order valence-corrected chi connectivity index (χ2v) is 5.60. The summed E-state index contributed by atoms with van der Waals surface area (Å²) in [6, 6.07) is 7.42. The van der Waals surface area contributed by atoms with Crippen LogP contribution in [0.5, 0.6) is 0 Å². The lowest BCUT2D eigenvalue weighted by Crippen LogP contribution is -2.34. The fourth-order valence-electron chi connectivity index (χ4n) is 2.71. The van der Waals surface area contributed by atoms with Crippen LogP contribution in [0.15, 0.2) is 42.1 Å². The molecular formula is C17H20N4O. The first-order valence-electron chi connectivity index (χ1n) is 7.70. The Morgan fingerprint density at radius 2 is 2.23 bits per heavy atom. The number of hydrogen-bond acceptors (Lipinski definition) is 3. The minimum atomic E-state index is -0.131. The predicted molar refractivity (Wildman–Crippen MR) is 85.3 cm³/mol. The summed E-state index contributed by atoms with van der Waals surface area (Å²) in [5.74, 6) is -0.131. The highest BCUT2D eigenvalue weighted by Crippen LogP contribution is 2.20. The minimum Gasteiger partial charge on any atom is -0.345 e. The Labute approximate surface area is 129 Å². The zero-order chi connectivity index (χ0) is 15.4. The number of carbonyl (C=O) groups is 1. The quantitative estimate of drug-likeness (QED) is 0.852. The topological polar surface area (TPSA) is 70.7 Å². The van der Waals surface area contributed by atoms with Crippen LogP contribution in [-0.4, -0.2) is 27.1 Å². The molecule has 22 heavy (non-hydrogen) atoms. The van der Waals surface area contributed by atoms with Crippen molar-refractivity contribution in [1.82, 2.24) is 20.5 Å². The maximum atomic E-state index is 12.3. The molecule has 1 unspecified atom stereocenters. The largest absolute Gasteiger partial charge is 0.345 e. The molecule has 5 heteroatoms. The van der Waals surface area contributed by atoms with Crippen LogP contribution < -0.4 is 5.32 Å². The summed E-state index contributed by atoms with van der Waals surface area (Å²) in [5, 5.41) is 9.99. The molecule has 1 aliphatic carbocycles. The van der Waals surface area contributed by atoms with E-state index in [1.165, 1.54) is 18.4 Å². The molecule has 2 heterocycles. The summed E-state index contributed by atoms with van der Waals surface area (Å²) in [6.07, 6.45) is 8.60. The Morgan fingerprint density at radius 3 is 2.95 bits per heavy atom. The Kier molecular flexibility index (Phi) is 4.32.